The molecular formula is C42H23N3S2. The van der Waals surface area contributed by atoms with Gasteiger partial charge in [0.15, 0.2) is 5.82 Å². The number of fused-ring (bicyclic) bond motifs is 15. The number of nitrogens with zero attached hydrogens (tertiary/aromatic N) is 3. The van der Waals surface area contributed by atoms with Gasteiger partial charge in [-0.2, -0.15) is 0 Å². The fourth-order valence-electron chi connectivity index (χ4n) is 7.58. The molecule has 0 radical (unpaired) electrons. The summed E-state index contributed by atoms with van der Waals surface area (Å²) in [5, 5.41) is 11.3. The molecule has 0 aliphatic heterocycles. The Kier molecular flexibility index (Phi) is 5.14. The van der Waals surface area contributed by atoms with Crippen molar-refractivity contribution in [2.45, 2.75) is 0 Å². The first-order valence-corrected chi connectivity index (χ1v) is 17.4. The van der Waals surface area contributed by atoms with E-state index in [1.807, 2.05) is 11.3 Å². The van der Waals surface area contributed by atoms with Crippen LogP contribution >= 0.6 is 22.7 Å². The quantitative estimate of drug-likeness (QED) is 0.190. The number of benzene rings is 7. The fourth-order valence-corrected chi connectivity index (χ4v) is 10.0. The molecule has 5 heteroatoms. The third-order valence-corrected chi connectivity index (χ3v) is 11.9. The third kappa shape index (κ3) is 3.45. The highest BCUT2D eigenvalue weighted by atomic mass is 32.1. The van der Waals surface area contributed by atoms with Crippen LogP contribution in [0.3, 0.4) is 0 Å². The van der Waals surface area contributed by atoms with E-state index in [0.717, 1.165) is 38.3 Å². The van der Waals surface area contributed by atoms with Crippen LogP contribution in [0.4, 0.5) is 0 Å². The average molecular weight is 634 g/mol. The lowest BCUT2D eigenvalue weighted by Gasteiger charge is -2.14. The zero-order valence-electron chi connectivity index (χ0n) is 24.9. The second-order valence-corrected chi connectivity index (χ2v) is 14.2. The molecule has 47 heavy (non-hydrogen) atoms. The largest absolute Gasteiger partial charge is 0.291 e. The number of thiophene rings is 2. The van der Waals surface area contributed by atoms with Gasteiger partial charge in [0, 0.05) is 52.0 Å². The van der Waals surface area contributed by atoms with Gasteiger partial charge in [0.1, 0.15) is 16.0 Å². The Bertz CT molecular complexity index is 3070. The van der Waals surface area contributed by atoms with Crippen LogP contribution in [0.2, 0.25) is 0 Å². The molecule has 0 saturated carbocycles. The van der Waals surface area contributed by atoms with Crippen LogP contribution in [-0.4, -0.2) is 14.5 Å². The van der Waals surface area contributed by atoms with E-state index in [0.29, 0.717) is 0 Å². The van der Waals surface area contributed by atoms with E-state index in [2.05, 4.69) is 144 Å². The second-order valence-electron chi connectivity index (χ2n) is 12.1. The van der Waals surface area contributed by atoms with E-state index >= 15 is 0 Å². The van der Waals surface area contributed by atoms with Gasteiger partial charge in [-0.15, -0.1) is 22.7 Å². The van der Waals surface area contributed by atoms with Crippen molar-refractivity contribution in [1.29, 1.82) is 0 Å². The molecule has 0 fully saturated rings. The van der Waals surface area contributed by atoms with Gasteiger partial charge in [0.25, 0.3) is 0 Å². The molecule has 0 aliphatic carbocycles. The van der Waals surface area contributed by atoms with Gasteiger partial charge in [-0.3, -0.25) is 4.57 Å². The number of para-hydroxylation sites is 1. The summed E-state index contributed by atoms with van der Waals surface area (Å²) in [6.07, 6.45) is 0. The Balaban J connectivity index is 1.40. The molecule has 11 aromatic rings. The molecule has 4 aromatic heterocycles. The molecule has 0 bridgehead atoms. The van der Waals surface area contributed by atoms with E-state index in [-0.39, 0.29) is 0 Å². The molecule has 0 saturated heterocycles. The summed E-state index contributed by atoms with van der Waals surface area (Å²) < 4.78 is 6.25. The maximum Gasteiger partial charge on any atom is 0.165 e. The lowest BCUT2D eigenvalue weighted by atomic mass is 9.98. The van der Waals surface area contributed by atoms with Crippen LogP contribution in [-0.2, 0) is 0 Å². The van der Waals surface area contributed by atoms with Gasteiger partial charge in [0.2, 0.25) is 0 Å². The van der Waals surface area contributed by atoms with Crippen molar-refractivity contribution >= 4 is 107 Å². The Labute approximate surface area is 276 Å². The van der Waals surface area contributed by atoms with E-state index in [4.69, 9.17) is 9.97 Å². The normalized spacial score (nSPS) is 12.3. The first-order chi connectivity index (χ1) is 23.3. The van der Waals surface area contributed by atoms with E-state index < -0.39 is 0 Å². The minimum absolute atomic E-state index is 0.856. The van der Waals surface area contributed by atoms with Crippen LogP contribution in [0.25, 0.3) is 101 Å². The first kappa shape index (κ1) is 25.6. The molecule has 0 spiro atoms. The van der Waals surface area contributed by atoms with E-state index in [1.54, 1.807) is 11.3 Å². The lowest BCUT2D eigenvalue weighted by molar-refractivity contribution is 1.09. The minimum Gasteiger partial charge on any atom is -0.291 e. The van der Waals surface area contributed by atoms with Crippen LogP contribution < -0.4 is 0 Å². The van der Waals surface area contributed by atoms with Gasteiger partial charge >= 0.3 is 0 Å². The molecule has 218 valence electrons. The highest BCUT2D eigenvalue weighted by Crippen LogP contribution is 2.50. The van der Waals surface area contributed by atoms with Gasteiger partial charge in [-0.25, -0.2) is 9.97 Å². The summed E-state index contributed by atoms with van der Waals surface area (Å²) in [6, 6.07) is 50.1. The smallest absolute Gasteiger partial charge is 0.165 e. The zero-order valence-corrected chi connectivity index (χ0v) is 26.6. The summed E-state index contributed by atoms with van der Waals surface area (Å²) in [5.41, 5.74) is 5.20. The third-order valence-electron chi connectivity index (χ3n) is 9.59. The van der Waals surface area contributed by atoms with Crippen molar-refractivity contribution in [2.75, 3.05) is 0 Å². The molecule has 0 amide bonds. The van der Waals surface area contributed by atoms with Crippen molar-refractivity contribution in [2.24, 2.45) is 0 Å². The van der Waals surface area contributed by atoms with Crippen LogP contribution in [0, 0.1) is 0 Å². The van der Waals surface area contributed by atoms with Crippen LogP contribution in [0.5, 0.6) is 0 Å². The van der Waals surface area contributed by atoms with Crippen molar-refractivity contribution in [3.63, 3.8) is 0 Å². The van der Waals surface area contributed by atoms with Crippen molar-refractivity contribution in [3.8, 4) is 17.1 Å². The molecule has 7 aromatic carbocycles. The average Bonchev–Trinajstić information content (AvgIpc) is 3.81. The number of hydrogen-bond donors (Lipinski definition) is 0. The van der Waals surface area contributed by atoms with Gasteiger partial charge in [0.05, 0.1) is 11.0 Å². The molecule has 4 heterocycles. The Hall–Kier alpha value is -5.62. The predicted molar refractivity (Wildman–Crippen MR) is 203 cm³/mol. The topological polar surface area (TPSA) is 30.7 Å². The zero-order chi connectivity index (χ0) is 30.6. The summed E-state index contributed by atoms with van der Waals surface area (Å²) in [5.74, 6) is 0.856. The number of hydrogen-bond acceptors (Lipinski definition) is 4. The highest BCUT2D eigenvalue weighted by molar-refractivity contribution is 7.28. The second kappa shape index (κ2) is 9.46. The lowest BCUT2D eigenvalue weighted by Crippen LogP contribution is -2.03. The SMILES string of the molecule is c1ccc(-c2nc3sc4ccccc4c3nc2-n2c3ccccc3c3c4sc5c6ccccc6ccc5c4c4ccccc4c32)cc1. The van der Waals surface area contributed by atoms with E-state index in [9.17, 15) is 0 Å². The summed E-state index contributed by atoms with van der Waals surface area (Å²) in [7, 11) is 0. The molecule has 0 atom stereocenters. The van der Waals surface area contributed by atoms with Crippen LogP contribution in [0.15, 0.2) is 140 Å². The van der Waals surface area contributed by atoms with Crippen molar-refractivity contribution in [1.82, 2.24) is 14.5 Å². The maximum absolute atomic E-state index is 5.57. The predicted octanol–water partition coefficient (Wildman–Crippen LogP) is 12.3. The molecule has 3 nitrogen and oxygen atoms in total. The maximum atomic E-state index is 5.57. The standard InChI is InChI=1S/C42H23N3S2/c1-2-13-25(14-3-1)36-41(43-37-30-19-9-11-21-33(30)46-42(37)44-36)45-32-20-10-8-18-29(32)35-38(45)28-17-7-6-16-27(28)34-31-23-22-24-12-4-5-15-26(24)39(31)47-40(34)35/h1-23H. The van der Waals surface area contributed by atoms with E-state index in [1.165, 1.54) is 62.7 Å². The summed E-state index contributed by atoms with van der Waals surface area (Å²) >= 11 is 3.63. The fraction of sp³-hybridized carbons (Fsp3) is 0. The summed E-state index contributed by atoms with van der Waals surface area (Å²) in [6.45, 7) is 0. The van der Waals surface area contributed by atoms with Crippen molar-refractivity contribution < 1.29 is 0 Å². The van der Waals surface area contributed by atoms with Gasteiger partial charge in [-0.1, -0.05) is 127 Å². The van der Waals surface area contributed by atoms with Gasteiger partial charge < -0.3 is 0 Å². The molecule has 0 N–H and O–H groups in total. The van der Waals surface area contributed by atoms with Gasteiger partial charge in [-0.05, 0) is 28.3 Å². The van der Waals surface area contributed by atoms with Crippen molar-refractivity contribution in [3.05, 3.63) is 140 Å². The minimum atomic E-state index is 0.856. The Morgan fingerprint density at radius 1 is 0.468 bits per heavy atom. The molecule has 0 aliphatic rings. The molecule has 0 unspecified atom stereocenters. The Morgan fingerprint density at radius 2 is 1.17 bits per heavy atom. The highest BCUT2D eigenvalue weighted by Gasteiger charge is 2.25. The first-order valence-electron chi connectivity index (χ1n) is 15.8. The molecular weight excluding hydrogens is 611 g/mol. The number of aromatic nitrogens is 3. The number of rotatable bonds is 2. The monoisotopic (exact) mass is 633 g/mol. The molecule has 11 rings (SSSR count). The van der Waals surface area contributed by atoms with Crippen LogP contribution in [0.1, 0.15) is 0 Å². The summed E-state index contributed by atoms with van der Waals surface area (Å²) in [4.78, 5) is 11.9. The Morgan fingerprint density at radius 3 is 2.04 bits per heavy atom.